The smallest absolute Gasteiger partial charge is 0.0880 e. The van der Waals surface area contributed by atoms with E-state index < -0.39 is 0 Å². The lowest BCUT2D eigenvalue weighted by Gasteiger charge is -1.99. The van der Waals surface area contributed by atoms with E-state index >= 15 is 0 Å². The summed E-state index contributed by atoms with van der Waals surface area (Å²) in [5.74, 6) is 0.445. The number of hydrogen-bond acceptors (Lipinski definition) is 2. The third kappa shape index (κ3) is 1.29. The zero-order valence-corrected chi connectivity index (χ0v) is 8.34. The van der Waals surface area contributed by atoms with Crippen LogP contribution in [0.25, 0.3) is 5.52 Å². The Morgan fingerprint density at radius 2 is 2.23 bits per heavy atom. The lowest BCUT2D eigenvalue weighted by Crippen LogP contribution is -1.97. The minimum Gasteiger partial charge on any atom is -0.257 e. The third-order valence-corrected chi connectivity index (χ3v) is 2.32. The van der Waals surface area contributed by atoms with Crippen molar-refractivity contribution in [3.8, 4) is 0 Å². The monoisotopic (exact) mass is 195 g/mol. The molecule has 2 aromatic rings. The van der Waals surface area contributed by atoms with Crippen molar-refractivity contribution < 1.29 is 0 Å². The van der Waals surface area contributed by atoms with E-state index in [1.807, 2.05) is 30.6 Å². The van der Waals surface area contributed by atoms with Crippen LogP contribution >= 0.6 is 11.6 Å². The molecule has 0 aliphatic carbocycles. The molecular formula is C9H10ClN3. The zero-order chi connectivity index (χ0) is 9.42. The fourth-order valence-corrected chi connectivity index (χ4v) is 1.46. The molecule has 0 aliphatic rings. The molecule has 0 unspecified atom stereocenters. The number of aromatic nitrogens is 3. The molecule has 2 heterocycles. The van der Waals surface area contributed by atoms with Gasteiger partial charge in [0.25, 0.3) is 0 Å². The maximum absolute atomic E-state index is 5.71. The first-order chi connectivity index (χ1) is 6.22. The highest BCUT2D eigenvalue weighted by Crippen LogP contribution is 2.12. The van der Waals surface area contributed by atoms with Crippen LogP contribution in [-0.4, -0.2) is 14.6 Å². The summed E-state index contributed by atoms with van der Waals surface area (Å²) < 4.78 is 1.88. The Kier molecular flexibility index (Phi) is 1.96. The topological polar surface area (TPSA) is 30.2 Å². The summed E-state index contributed by atoms with van der Waals surface area (Å²) in [6.45, 7) is 3.94. The molecule has 0 bridgehead atoms. The van der Waals surface area contributed by atoms with Crippen molar-refractivity contribution in [3.05, 3.63) is 29.3 Å². The fourth-order valence-electron chi connectivity index (χ4n) is 1.33. The predicted octanol–water partition coefficient (Wildman–Crippen LogP) is 2.08. The van der Waals surface area contributed by atoms with E-state index in [0.717, 1.165) is 22.6 Å². The molecule has 68 valence electrons. The largest absolute Gasteiger partial charge is 0.257 e. The Morgan fingerprint density at radius 3 is 2.85 bits per heavy atom. The lowest BCUT2D eigenvalue weighted by atomic mass is 10.3. The first-order valence-corrected chi connectivity index (χ1v) is 4.62. The molecule has 3 nitrogen and oxygen atoms in total. The van der Waals surface area contributed by atoms with Gasteiger partial charge in [-0.15, -0.1) is 11.6 Å². The number of hydrogen-bond donors (Lipinski definition) is 0. The van der Waals surface area contributed by atoms with E-state index in [1.54, 1.807) is 0 Å². The molecule has 2 aromatic heterocycles. The number of nitrogens with zero attached hydrogens (tertiary/aromatic N) is 3. The van der Waals surface area contributed by atoms with Gasteiger partial charge < -0.3 is 0 Å². The van der Waals surface area contributed by atoms with Gasteiger partial charge in [0.2, 0.25) is 0 Å². The van der Waals surface area contributed by atoms with Gasteiger partial charge in [-0.05, 0) is 19.9 Å². The fraction of sp³-hybridized carbons (Fsp3) is 0.333. The van der Waals surface area contributed by atoms with Crippen LogP contribution in [0.15, 0.2) is 12.3 Å². The summed E-state index contributed by atoms with van der Waals surface area (Å²) in [7, 11) is 0. The van der Waals surface area contributed by atoms with Crippen LogP contribution in [0.4, 0.5) is 0 Å². The quantitative estimate of drug-likeness (QED) is 0.653. The Balaban J connectivity index is 2.80. The zero-order valence-electron chi connectivity index (χ0n) is 7.58. The van der Waals surface area contributed by atoms with E-state index in [1.165, 1.54) is 0 Å². The Hall–Kier alpha value is -1.09. The maximum Gasteiger partial charge on any atom is 0.0880 e. The van der Waals surface area contributed by atoms with Crippen LogP contribution in [0.5, 0.6) is 0 Å². The van der Waals surface area contributed by atoms with Crippen LogP contribution in [0.1, 0.15) is 17.1 Å². The summed E-state index contributed by atoms with van der Waals surface area (Å²) >= 11 is 5.71. The molecule has 0 spiro atoms. The minimum atomic E-state index is 0.445. The van der Waals surface area contributed by atoms with E-state index in [4.69, 9.17) is 11.6 Å². The molecule has 0 atom stereocenters. The van der Waals surface area contributed by atoms with Gasteiger partial charge in [-0.2, -0.15) is 5.10 Å². The third-order valence-electron chi connectivity index (χ3n) is 2.05. The van der Waals surface area contributed by atoms with Gasteiger partial charge in [0.15, 0.2) is 0 Å². The molecule has 4 heteroatoms. The van der Waals surface area contributed by atoms with Crippen LogP contribution in [-0.2, 0) is 5.88 Å². The van der Waals surface area contributed by atoms with Crippen molar-refractivity contribution in [3.63, 3.8) is 0 Å². The van der Waals surface area contributed by atoms with Gasteiger partial charge in [-0.3, -0.25) is 4.98 Å². The maximum atomic E-state index is 5.71. The van der Waals surface area contributed by atoms with Crippen molar-refractivity contribution in [1.82, 2.24) is 14.6 Å². The van der Waals surface area contributed by atoms with Crippen LogP contribution in [0.2, 0.25) is 0 Å². The molecule has 13 heavy (non-hydrogen) atoms. The van der Waals surface area contributed by atoms with Crippen LogP contribution in [0.3, 0.4) is 0 Å². The number of aryl methyl sites for hydroxylation is 2. The highest BCUT2D eigenvalue weighted by molar-refractivity contribution is 6.16. The summed E-state index contributed by atoms with van der Waals surface area (Å²) in [6.07, 6.45) is 1.81. The molecule has 0 N–H and O–H groups in total. The summed E-state index contributed by atoms with van der Waals surface area (Å²) in [5.41, 5.74) is 3.93. The van der Waals surface area contributed by atoms with Gasteiger partial charge in [0, 0.05) is 6.20 Å². The minimum absolute atomic E-state index is 0.445. The Labute approximate surface area is 81.4 Å². The molecule has 0 radical (unpaired) electrons. The Morgan fingerprint density at radius 1 is 1.46 bits per heavy atom. The Bertz CT molecular complexity index is 408. The first kappa shape index (κ1) is 8.51. The normalized spacial score (nSPS) is 11.0. The first-order valence-electron chi connectivity index (χ1n) is 4.09. The van der Waals surface area contributed by atoms with E-state index in [-0.39, 0.29) is 0 Å². The van der Waals surface area contributed by atoms with Crippen molar-refractivity contribution in [2.75, 3.05) is 0 Å². The van der Waals surface area contributed by atoms with Crippen LogP contribution in [0, 0.1) is 13.8 Å². The average Bonchev–Trinajstić information content (AvgIpc) is 2.56. The summed E-state index contributed by atoms with van der Waals surface area (Å²) in [6, 6.07) is 1.97. The molecule has 0 aliphatic heterocycles. The standard InChI is InChI=1S/C9H10ClN3/c1-6-5-11-7(2)9-3-8(4-10)12-13(6)9/h3,5H,4H2,1-2H3. The van der Waals surface area contributed by atoms with Gasteiger partial charge >= 0.3 is 0 Å². The molecule has 0 fully saturated rings. The highest BCUT2D eigenvalue weighted by Gasteiger charge is 2.05. The second-order valence-electron chi connectivity index (χ2n) is 3.05. The van der Waals surface area contributed by atoms with E-state index in [0.29, 0.717) is 5.88 Å². The molecule has 0 saturated carbocycles. The van der Waals surface area contributed by atoms with Crippen molar-refractivity contribution in [2.45, 2.75) is 19.7 Å². The van der Waals surface area contributed by atoms with E-state index in [2.05, 4.69) is 10.1 Å². The predicted molar refractivity (Wildman–Crippen MR) is 52.0 cm³/mol. The number of rotatable bonds is 1. The van der Waals surface area contributed by atoms with E-state index in [9.17, 15) is 0 Å². The molecule has 0 aromatic carbocycles. The van der Waals surface area contributed by atoms with Gasteiger partial charge in [-0.25, -0.2) is 4.52 Å². The second kappa shape index (κ2) is 3.00. The molecule has 2 rings (SSSR count). The average molecular weight is 196 g/mol. The SMILES string of the molecule is Cc1ncc(C)n2nc(CCl)cc12. The van der Waals surface area contributed by atoms with Gasteiger partial charge in [0.05, 0.1) is 28.5 Å². The van der Waals surface area contributed by atoms with Crippen LogP contribution < -0.4 is 0 Å². The number of alkyl halides is 1. The lowest BCUT2D eigenvalue weighted by molar-refractivity contribution is 0.868. The van der Waals surface area contributed by atoms with Gasteiger partial charge in [-0.1, -0.05) is 0 Å². The van der Waals surface area contributed by atoms with Gasteiger partial charge in [0.1, 0.15) is 0 Å². The molecular weight excluding hydrogens is 186 g/mol. The summed E-state index contributed by atoms with van der Waals surface area (Å²) in [5, 5.41) is 4.34. The number of halogens is 1. The van der Waals surface area contributed by atoms with Crippen molar-refractivity contribution >= 4 is 17.1 Å². The molecule has 0 amide bonds. The number of fused-ring (bicyclic) bond motifs is 1. The summed E-state index contributed by atoms with van der Waals surface area (Å²) in [4.78, 5) is 4.25. The molecule has 0 saturated heterocycles. The second-order valence-corrected chi connectivity index (χ2v) is 3.32. The van der Waals surface area contributed by atoms with Crippen molar-refractivity contribution in [2.24, 2.45) is 0 Å². The highest BCUT2D eigenvalue weighted by atomic mass is 35.5. The van der Waals surface area contributed by atoms with Crippen molar-refractivity contribution in [1.29, 1.82) is 0 Å².